The fourth-order valence-electron chi connectivity index (χ4n) is 3.29. The van der Waals surface area contributed by atoms with E-state index in [0.29, 0.717) is 6.54 Å². The van der Waals surface area contributed by atoms with Gasteiger partial charge in [0, 0.05) is 33.9 Å². The first-order valence-corrected chi connectivity index (χ1v) is 7.10. The molecule has 0 aliphatic carbocycles. The summed E-state index contributed by atoms with van der Waals surface area (Å²) >= 11 is 0. The van der Waals surface area contributed by atoms with Crippen LogP contribution in [0.25, 0.3) is 0 Å². The summed E-state index contributed by atoms with van der Waals surface area (Å²) in [5.41, 5.74) is 0. The van der Waals surface area contributed by atoms with Crippen LogP contribution in [0.1, 0.15) is 27.2 Å². The highest BCUT2D eigenvalue weighted by Gasteiger charge is 2.52. The van der Waals surface area contributed by atoms with Gasteiger partial charge in [-0.3, -0.25) is 19.3 Å². The summed E-state index contributed by atoms with van der Waals surface area (Å²) < 4.78 is 15.8. The molecule has 2 heterocycles. The minimum absolute atomic E-state index is 0.0717. The van der Waals surface area contributed by atoms with E-state index in [2.05, 4.69) is 4.90 Å². The fraction of sp³-hybridized carbons (Fsp3) is 0.786. The van der Waals surface area contributed by atoms with Crippen LogP contribution in [0.3, 0.4) is 0 Å². The highest BCUT2D eigenvalue weighted by Crippen LogP contribution is 2.36. The lowest BCUT2D eigenvalue weighted by molar-refractivity contribution is -0.155. The van der Waals surface area contributed by atoms with E-state index < -0.39 is 0 Å². The van der Waals surface area contributed by atoms with Crippen molar-refractivity contribution in [3.8, 4) is 0 Å². The van der Waals surface area contributed by atoms with E-state index in [1.807, 2.05) is 0 Å². The van der Waals surface area contributed by atoms with Gasteiger partial charge in [-0.15, -0.1) is 0 Å². The van der Waals surface area contributed by atoms with Crippen molar-refractivity contribution in [1.29, 1.82) is 0 Å². The first-order chi connectivity index (χ1) is 9.88. The topological polar surface area (TPSA) is 82.1 Å². The van der Waals surface area contributed by atoms with Crippen molar-refractivity contribution in [3.05, 3.63) is 0 Å². The van der Waals surface area contributed by atoms with Crippen LogP contribution < -0.4 is 0 Å². The van der Waals surface area contributed by atoms with Gasteiger partial charge in [0.15, 0.2) is 0 Å². The third-order valence-electron chi connectivity index (χ3n) is 3.95. The molecule has 2 aliphatic heterocycles. The Morgan fingerprint density at radius 1 is 1.00 bits per heavy atom. The van der Waals surface area contributed by atoms with Gasteiger partial charge >= 0.3 is 17.9 Å². The minimum Gasteiger partial charge on any atom is -0.465 e. The molecule has 0 radical (unpaired) electrons. The molecule has 2 saturated heterocycles. The van der Waals surface area contributed by atoms with E-state index in [0.717, 1.165) is 13.0 Å². The van der Waals surface area contributed by atoms with Crippen LogP contribution in [0.4, 0.5) is 0 Å². The molecule has 0 unspecified atom stereocenters. The highest BCUT2D eigenvalue weighted by atomic mass is 16.6. The maximum absolute atomic E-state index is 11.2. The number of ether oxygens (including phenoxy) is 3. The second-order valence-electron chi connectivity index (χ2n) is 5.54. The van der Waals surface area contributed by atoms with E-state index in [-0.39, 0.29) is 48.7 Å². The Bertz CT molecular complexity index is 437. The van der Waals surface area contributed by atoms with Crippen LogP contribution in [0, 0.1) is 5.92 Å². The van der Waals surface area contributed by atoms with E-state index in [4.69, 9.17) is 14.2 Å². The maximum atomic E-state index is 11.2. The molecule has 0 amide bonds. The zero-order valence-electron chi connectivity index (χ0n) is 12.5. The van der Waals surface area contributed by atoms with Crippen molar-refractivity contribution < 1.29 is 28.6 Å². The molecular formula is C14H21NO6. The van der Waals surface area contributed by atoms with Gasteiger partial charge in [0.05, 0.1) is 18.6 Å². The Labute approximate surface area is 123 Å². The molecule has 7 heteroatoms. The van der Waals surface area contributed by atoms with Gasteiger partial charge in [0.1, 0.15) is 12.2 Å². The zero-order chi connectivity index (χ0) is 15.6. The minimum atomic E-state index is -0.378. The lowest BCUT2D eigenvalue weighted by atomic mass is 9.95. The van der Waals surface area contributed by atoms with E-state index in [1.165, 1.54) is 20.8 Å². The smallest absolute Gasteiger partial charge is 0.302 e. The summed E-state index contributed by atoms with van der Waals surface area (Å²) in [7, 11) is 0. The van der Waals surface area contributed by atoms with Crippen LogP contribution in [0.15, 0.2) is 0 Å². The summed E-state index contributed by atoms with van der Waals surface area (Å²) in [6.45, 7) is 5.58. The maximum Gasteiger partial charge on any atom is 0.302 e. The monoisotopic (exact) mass is 299 g/mol. The number of carbonyl (C=O) groups is 3. The quantitative estimate of drug-likeness (QED) is 0.538. The Morgan fingerprint density at radius 2 is 1.62 bits per heavy atom. The lowest BCUT2D eigenvalue weighted by Crippen LogP contribution is -2.40. The van der Waals surface area contributed by atoms with Gasteiger partial charge in [0.2, 0.25) is 0 Å². The third kappa shape index (κ3) is 3.72. The van der Waals surface area contributed by atoms with E-state index in [9.17, 15) is 14.4 Å². The standard InChI is InChI=1S/C14H21NO6/c1-8(16)19-7-11-13(21-10(3)18)6-15-5-4-12(14(11)15)20-9(2)17/h11-14H,4-7H2,1-3H3/t11-,12+,13-,14+/m0/s1. The summed E-state index contributed by atoms with van der Waals surface area (Å²) in [6, 6.07) is -0.0717. The Morgan fingerprint density at radius 3 is 2.19 bits per heavy atom. The highest BCUT2D eigenvalue weighted by molar-refractivity contribution is 5.67. The van der Waals surface area contributed by atoms with Crippen molar-refractivity contribution in [3.63, 3.8) is 0 Å². The van der Waals surface area contributed by atoms with E-state index in [1.54, 1.807) is 0 Å². The van der Waals surface area contributed by atoms with Crippen molar-refractivity contribution in [2.45, 2.75) is 45.4 Å². The molecule has 0 aromatic carbocycles. The average molecular weight is 299 g/mol. The molecule has 0 aromatic rings. The SMILES string of the molecule is CC(=O)OC[C@@H]1[C@@H]2[C@H](OC(C)=O)CCN2C[C@@H]1OC(C)=O. The first-order valence-electron chi connectivity index (χ1n) is 7.10. The molecule has 0 N–H and O–H groups in total. The summed E-state index contributed by atoms with van der Waals surface area (Å²) in [6.07, 6.45) is 0.155. The molecule has 7 nitrogen and oxygen atoms in total. The molecule has 2 rings (SSSR count). The normalized spacial score (nSPS) is 31.6. The largest absolute Gasteiger partial charge is 0.465 e. The lowest BCUT2D eigenvalue weighted by Gasteiger charge is -2.27. The summed E-state index contributed by atoms with van der Waals surface area (Å²) in [5, 5.41) is 0. The molecule has 0 aromatic heterocycles. The molecule has 4 atom stereocenters. The predicted molar refractivity (Wildman–Crippen MR) is 71.2 cm³/mol. The molecule has 0 saturated carbocycles. The average Bonchev–Trinajstić information content (AvgIpc) is 2.86. The van der Waals surface area contributed by atoms with Crippen molar-refractivity contribution in [2.75, 3.05) is 19.7 Å². The van der Waals surface area contributed by atoms with E-state index >= 15 is 0 Å². The Kier molecular flexibility index (Phi) is 4.82. The fourth-order valence-corrected chi connectivity index (χ4v) is 3.29. The number of esters is 3. The number of fused-ring (bicyclic) bond motifs is 1. The molecule has 21 heavy (non-hydrogen) atoms. The summed E-state index contributed by atoms with van der Waals surface area (Å²) in [4.78, 5) is 35.6. The third-order valence-corrected chi connectivity index (χ3v) is 3.95. The first kappa shape index (κ1) is 15.8. The van der Waals surface area contributed by atoms with Crippen LogP contribution in [0.2, 0.25) is 0 Å². The van der Waals surface area contributed by atoms with Crippen LogP contribution in [0.5, 0.6) is 0 Å². The van der Waals surface area contributed by atoms with Gasteiger partial charge in [0.25, 0.3) is 0 Å². The molecule has 0 bridgehead atoms. The molecule has 118 valence electrons. The number of hydrogen-bond donors (Lipinski definition) is 0. The zero-order valence-corrected chi connectivity index (χ0v) is 12.5. The predicted octanol–water partition coefficient (Wildman–Crippen LogP) is 0.117. The van der Waals surface area contributed by atoms with Gasteiger partial charge < -0.3 is 14.2 Å². The Balaban J connectivity index is 2.11. The van der Waals surface area contributed by atoms with Gasteiger partial charge in [-0.1, -0.05) is 0 Å². The van der Waals surface area contributed by atoms with Gasteiger partial charge in [-0.05, 0) is 6.42 Å². The van der Waals surface area contributed by atoms with Crippen LogP contribution >= 0.6 is 0 Å². The Hall–Kier alpha value is -1.63. The molecule has 2 fully saturated rings. The summed E-state index contributed by atoms with van der Waals surface area (Å²) in [5.74, 6) is -1.25. The van der Waals surface area contributed by atoms with Crippen molar-refractivity contribution in [2.24, 2.45) is 5.92 Å². The van der Waals surface area contributed by atoms with Gasteiger partial charge in [-0.25, -0.2) is 0 Å². The molecule has 0 spiro atoms. The second-order valence-corrected chi connectivity index (χ2v) is 5.54. The number of hydrogen-bond acceptors (Lipinski definition) is 7. The number of nitrogens with zero attached hydrogens (tertiary/aromatic N) is 1. The van der Waals surface area contributed by atoms with Crippen LogP contribution in [-0.4, -0.2) is 60.8 Å². The molecule has 2 aliphatic rings. The van der Waals surface area contributed by atoms with Gasteiger partial charge in [-0.2, -0.15) is 0 Å². The molecular weight excluding hydrogens is 278 g/mol. The van der Waals surface area contributed by atoms with Crippen LogP contribution in [-0.2, 0) is 28.6 Å². The number of rotatable bonds is 4. The second kappa shape index (κ2) is 6.43. The number of carbonyl (C=O) groups excluding carboxylic acids is 3. The van der Waals surface area contributed by atoms with Crippen molar-refractivity contribution in [1.82, 2.24) is 4.90 Å². The van der Waals surface area contributed by atoms with Crippen molar-refractivity contribution >= 4 is 17.9 Å².